The lowest BCUT2D eigenvalue weighted by molar-refractivity contribution is 0.587. The van der Waals surface area contributed by atoms with Gasteiger partial charge in [-0.2, -0.15) is 0 Å². The fourth-order valence-corrected chi connectivity index (χ4v) is 2.35. The maximum absolute atomic E-state index is 13.9. The van der Waals surface area contributed by atoms with Gasteiger partial charge in [0, 0.05) is 32.4 Å². The van der Waals surface area contributed by atoms with E-state index in [1.54, 1.807) is 6.07 Å². The van der Waals surface area contributed by atoms with Gasteiger partial charge in [-0.15, -0.1) is 12.4 Å². The van der Waals surface area contributed by atoms with E-state index in [-0.39, 0.29) is 23.3 Å². The number of hydrogen-bond donors (Lipinski definition) is 1. The van der Waals surface area contributed by atoms with Gasteiger partial charge in [-0.25, -0.2) is 8.78 Å². The third kappa shape index (κ3) is 2.48. The van der Waals surface area contributed by atoms with Gasteiger partial charge >= 0.3 is 0 Å². The fourth-order valence-electron chi connectivity index (χ4n) is 2.35. The second kappa shape index (κ2) is 5.67. The maximum Gasteiger partial charge on any atom is 0.149 e. The first-order valence-corrected chi connectivity index (χ1v) is 5.96. The van der Waals surface area contributed by atoms with E-state index in [1.807, 2.05) is 0 Å². The van der Waals surface area contributed by atoms with E-state index in [4.69, 9.17) is 0 Å². The largest absolute Gasteiger partial charge is 0.368 e. The number of nitrogens with one attached hydrogen (secondary N) is 1. The predicted octanol–water partition coefficient (Wildman–Crippen LogP) is 2.34. The molecular weight excluding hydrogens is 272 g/mol. The van der Waals surface area contributed by atoms with Crippen LogP contribution in [-0.2, 0) is 0 Å². The number of fused-ring (bicyclic) bond motifs is 1. The van der Waals surface area contributed by atoms with Gasteiger partial charge < -0.3 is 10.2 Å². The summed E-state index contributed by atoms with van der Waals surface area (Å²) < 4.78 is 27.6. The van der Waals surface area contributed by atoms with Crippen molar-refractivity contribution in [1.82, 2.24) is 10.3 Å². The molecule has 0 saturated carbocycles. The first kappa shape index (κ1) is 14.0. The van der Waals surface area contributed by atoms with E-state index in [0.29, 0.717) is 0 Å². The van der Waals surface area contributed by atoms with Gasteiger partial charge in [0.1, 0.15) is 17.2 Å². The van der Waals surface area contributed by atoms with Crippen LogP contribution in [0.25, 0.3) is 10.9 Å². The van der Waals surface area contributed by atoms with E-state index < -0.39 is 11.6 Å². The number of aromatic nitrogens is 1. The number of pyridine rings is 1. The monoisotopic (exact) mass is 285 g/mol. The van der Waals surface area contributed by atoms with E-state index in [2.05, 4.69) is 15.2 Å². The van der Waals surface area contributed by atoms with Crippen LogP contribution in [0, 0.1) is 11.6 Å². The zero-order chi connectivity index (χ0) is 12.5. The highest BCUT2D eigenvalue weighted by Crippen LogP contribution is 2.29. The van der Waals surface area contributed by atoms with Crippen molar-refractivity contribution in [3.05, 3.63) is 36.0 Å². The molecule has 2 aromatic rings. The number of benzene rings is 1. The third-order valence-electron chi connectivity index (χ3n) is 3.23. The maximum atomic E-state index is 13.9. The Morgan fingerprint density at radius 2 is 1.74 bits per heavy atom. The van der Waals surface area contributed by atoms with Gasteiger partial charge in [0.05, 0.1) is 11.1 Å². The molecule has 0 amide bonds. The summed E-state index contributed by atoms with van der Waals surface area (Å²) in [5.41, 5.74) is 0.824. The fraction of sp³-hybridized carbons (Fsp3) is 0.308. The lowest BCUT2D eigenvalue weighted by atomic mass is 10.1. The average molecular weight is 286 g/mol. The highest BCUT2D eigenvalue weighted by atomic mass is 35.5. The number of rotatable bonds is 1. The zero-order valence-electron chi connectivity index (χ0n) is 10.2. The summed E-state index contributed by atoms with van der Waals surface area (Å²) in [4.78, 5) is 6.00. The molecule has 0 aliphatic carbocycles. The number of piperazine rings is 1. The molecule has 2 heterocycles. The molecule has 1 saturated heterocycles. The van der Waals surface area contributed by atoms with Gasteiger partial charge in [0.15, 0.2) is 0 Å². The minimum atomic E-state index is -0.483. The van der Waals surface area contributed by atoms with E-state index in [0.717, 1.165) is 44.0 Å². The van der Waals surface area contributed by atoms with Crippen molar-refractivity contribution in [1.29, 1.82) is 0 Å². The number of hydrogen-bond acceptors (Lipinski definition) is 3. The normalized spacial score (nSPS) is 15.4. The number of anilines is 1. The molecule has 102 valence electrons. The van der Waals surface area contributed by atoms with Gasteiger partial charge in [-0.3, -0.25) is 4.98 Å². The van der Waals surface area contributed by atoms with Gasteiger partial charge in [-0.1, -0.05) is 0 Å². The van der Waals surface area contributed by atoms with Crippen LogP contribution in [0.1, 0.15) is 0 Å². The molecule has 0 atom stereocenters. The zero-order valence-corrected chi connectivity index (χ0v) is 11.0. The Morgan fingerprint density at radius 3 is 2.47 bits per heavy atom. The molecule has 1 N–H and O–H groups in total. The molecule has 0 bridgehead atoms. The van der Waals surface area contributed by atoms with Gasteiger partial charge in [0.25, 0.3) is 0 Å². The number of nitrogens with zero attached hydrogens (tertiary/aromatic N) is 2. The molecule has 6 heteroatoms. The molecular formula is C13H14ClF2N3. The van der Waals surface area contributed by atoms with Crippen LogP contribution in [-0.4, -0.2) is 31.2 Å². The molecule has 3 nitrogen and oxygen atoms in total. The summed E-state index contributed by atoms with van der Waals surface area (Å²) in [7, 11) is 0. The van der Waals surface area contributed by atoms with Gasteiger partial charge in [0.2, 0.25) is 0 Å². The van der Waals surface area contributed by atoms with Crippen molar-refractivity contribution < 1.29 is 8.78 Å². The average Bonchev–Trinajstić information content (AvgIpc) is 2.43. The number of halogens is 3. The van der Waals surface area contributed by atoms with Crippen molar-refractivity contribution in [2.75, 3.05) is 31.1 Å². The standard InChI is InChI=1S/C13H13F2N3.ClH/c14-9-1-2-10(15)13-12(9)11(3-4-17-13)18-7-5-16-6-8-18;/h1-4,16H,5-8H2;1H. The van der Waals surface area contributed by atoms with E-state index in [1.165, 1.54) is 6.20 Å². The molecule has 1 aromatic carbocycles. The summed E-state index contributed by atoms with van der Waals surface area (Å²) in [5.74, 6) is -0.906. The van der Waals surface area contributed by atoms with Crippen LogP contribution in [0.3, 0.4) is 0 Å². The second-order valence-corrected chi connectivity index (χ2v) is 4.32. The Balaban J connectivity index is 0.00000133. The molecule has 1 aliphatic rings. The molecule has 3 rings (SSSR count). The Labute approximate surface area is 116 Å². The molecule has 0 unspecified atom stereocenters. The second-order valence-electron chi connectivity index (χ2n) is 4.32. The summed E-state index contributed by atoms with van der Waals surface area (Å²) in [6.07, 6.45) is 1.53. The highest BCUT2D eigenvalue weighted by molar-refractivity contribution is 5.92. The Morgan fingerprint density at radius 1 is 1.05 bits per heavy atom. The van der Waals surface area contributed by atoms with Crippen LogP contribution in [0.5, 0.6) is 0 Å². The van der Waals surface area contributed by atoms with Crippen molar-refractivity contribution >= 4 is 29.0 Å². The SMILES string of the molecule is Cl.Fc1ccc(F)c2c(N3CCNCC3)ccnc12. The molecule has 19 heavy (non-hydrogen) atoms. The van der Waals surface area contributed by atoms with Crippen LogP contribution >= 0.6 is 12.4 Å². The van der Waals surface area contributed by atoms with Crippen LogP contribution in [0.15, 0.2) is 24.4 Å². The van der Waals surface area contributed by atoms with Crippen molar-refractivity contribution in [3.63, 3.8) is 0 Å². The Kier molecular flexibility index (Phi) is 4.17. The quantitative estimate of drug-likeness (QED) is 0.872. The van der Waals surface area contributed by atoms with Gasteiger partial charge in [-0.05, 0) is 18.2 Å². The summed E-state index contributed by atoms with van der Waals surface area (Å²) in [6.45, 7) is 3.27. The highest BCUT2D eigenvalue weighted by Gasteiger charge is 2.17. The summed E-state index contributed by atoms with van der Waals surface area (Å²) in [5, 5.41) is 3.51. The lowest BCUT2D eigenvalue weighted by Gasteiger charge is -2.30. The molecule has 0 radical (unpaired) electrons. The Bertz CT molecular complexity index is 585. The van der Waals surface area contributed by atoms with E-state index in [9.17, 15) is 8.78 Å². The molecule has 0 spiro atoms. The van der Waals surface area contributed by atoms with E-state index >= 15 is 0 Å². The lowest BCUT2D eigenvalue weighted by Crippen LogP contribution is -2.43. The summed E-state index contributed by atoms with van der Waals surface area (Å²) in [6, 6.07) is 4.02. The summed E-state index contributed by atoms with van der Waals surface area (Å²) >= 11 is 0. The van der Waals surface area contributed by atoms with Crippen molar-refractivity contribution in [2.24, 2.45) is 0 Å². The topological polar surface area (TPSA) is 28.2 Å². The first-order chi connectivity index (χ1) is 8.77. The Hall–Kier alpha value is -1.46. The molecule has 1 fully saturated rings. The van der Waals surface area contributed by atoms with Crippen molar-refractivity contribution in [2.45, 2.75) is 0 Å². The smallest absolute Gasteiger partial charge is 0.149 e. The molecule has 1 aromatic heterocycles. The molecule has 1 aliphatic heterocycles. The van der Waals surface area contributed by atoms with Crippen LogP contribution < -0.4 is 10.2 Å². The first-order valence-electron chi connectivity index (χ1n) is 5.96. The van der Waals surface area contributed by atoms with Crippen LogP contribution in [0.4, 0.5) is 14.5 Å². The minimum absolute atomic E-state index is 0. The van der Waals surface area contributed by atoms with Crippen LogP contribution in [0.2, 0.25) is 0 Å². The third-order valence-corrected chi connectivity index (χ3v) is 3.23. The van der Waals surface area contributed by atoms with Crippen molar-refractivity contribution in [3.8, 4) is 0 Å². The predicted molar refractivity (Wildman–Crippen MR) is 74.0 cm³/mol. The minimum Gasteiger partial charge on any atom is -0.368 e.